The largest absolute Gasteiger partial charge is 0.481 e. The van der Waals surface area contributed by atoms with E-state index in [1.54, 1.807) is 30.3 Å². The summed E-state index contributed by atoms with van der Waals surface area (Å²) in [7, 11) is 0. The molecule has 8 nitrogen and oxygen atoms in total. The van der Waals surface area contributed by atoms with Crippen LogP contribution in [0.25, 0.3) is 0 Å². The summed E-state index contributed by atoms with van der Waals surface area (Å²) in [6.07, 6.45) is -0.140. The summed E-state index contributed by atoms with van der Waals surface area (Å²) < 4.78 is 10.7. The van der Waals surface area contributed by atoms with E-state index in [4.69, 9.17) is 14.3 Å². The lowest BCUT2D eigenvalue weighted by atomic mass is 10.1. The molecule has 1 unspecified atom stereocenters. The number of carboxylic acids is 1. The molecule has 0 aliphatic carbocycles. The van der Waals surface area contributed by atoms with Gasteiger partial charge < -0.3 is 19.6 Å². The second-order valence-electron chi connectivity index (χ2n) is 5.96. The zero-order valence-electron chi connectivity index (χ0n) is 14.1. The van der Waals surface area contributed by atoms with Crippen LogP contribution in [0.2, 0.25) is 0 Å². The standard InChI is InChI=1S/C18H18N2O6/c1-11-4-5-13-14(7-11)26-15(8-17(22)23)18(24)20(13)10-16(21)19-9-12-3-2-6-25-12/h2-7,15H,8-10H2,1H3,(H,19,21)(H,22,23). The SMILES string of the molecule is Cc1ccc2c(c1)OC(CC(=O)O)C(=O)N2CC(=O)NCc1ccco1. The third-order valence-corrected chi connectivity index (χ3v) is 3.92. The topological polar surface area (TPSA) is 109 Å². The number of ether oxygens (including phenoxy) is 1. The molecule has 1 atom stereocenters. The maximum absolute atomic E-state index is 12.6. The molecule has 0 spiro atoms. The molecule has 0 radical (unpaired) electrons. The number of aryl methyl sites for hydroxylation is 1. The highest BCUT2D eigenvalue weighted by Crippen LogP contribution is 2.35. The maximum Gasteiger partial charge on any atom is 0.307 e. The average Bonchev–Trinajstić information content (AvgIpc) is 3.09. The number of carbonyl (C=O) groups is 3. The Hall–Kier alpha value is -3.29. The van der Waals surface area contributed by atoms with Gasteiger partial charge in [0.25, 0.3) is 5.91 Å². The van der Waals surface area contributed by atoms with Crippen LogP contribution in [0.3, 0.4) is 0 Å². The Kier molecular flexibility index (Phi) is 4.92. The number of anilines is 1. The summed E-state index contributed by atoms with van der Waals surface area (Å²) in [5, 5.41) is 11.7. The van der Waals surface area contributed by atoms with E-state index in [1.165, 1.54) is 11.2 Å². The van der Waals surface area contributed by atoms with Gasteiger partial charge in [-0.1, -0.05) is 6.07 Å². The van der Waals surface area contributed by atoms with Crippen molar-refractivity contribution >= 4 is 23.5 Å². The first-order valence-electron chi connectivity index (χ1n) is 8.03. The number of amides is 2. The van der Waals surface area contributed by atoms with Crippen molar-refractivity contribution in [3.63, 3.8) is 0 Å². The van der Waals surface area contributed by atoms with E-state index in [2.05, 4.69) is 5.32 Å². The van der Waals surface area contributed by atoms with Crippen molar-refractivity contribution in [1.29, 1.82) is 0 Å². The van der Waals surface area contributed by atoms with Gasteiger partial charge in [-0.2, -0.15) is 0 Å². The number of hydrogen-bond donors (Lipinski definition) is 2. The molecule has 8 heteroatoms. The summed E-state index contributed by atoms with van der Waals surface area (Å²) in [5.74, 6) is -1.13. The summed E-state index contributed by atoms with van der Waals surface area (Å²) in [4.78, 5) is 37.1. The van der Waals surface area contributed by atoms with E-state index < -0.39 is 30.3 Å². The van der Waals surface area contributed by atoms with Crippen molar-refractivity contribution < 1.29 is 28.6 Å². The number of fused-ring (bicyclic) bond motifs is 1. The molecule has 3 rings (SSSR count). The molecule has 0 saturated carbocycles. The van der Waals surface area contributed by atoms with Crippen LogP contribution in [0.5, 0.6) is 5.75 Å². The zero-order chi connectivity index (χ0) is 18.7. The molecular weight excluding hydrogens is 340 g/mol. The van der Waals surface area contributed by atoms with Crippen LogP contribution >= 0.6 is 0 Å². The highest BCUT2D eigenvalue weighted by atomic mass is 16.5. The average molecular weight is 358 g/mol. The zero-order valence-corrected chi connectivity index (χ0v) is 14.1. The molecule has 26 heavy (non-hydrogen) atoms. The number of rotatable bonds is 6. The quantitative estimate of drug-likeness (QED) is 0.809. The molecule has 2 amide bonds. The Morgan fingerprint density at radius 3 is 2.81 bits per heavy atom. The van der Waals surface area contributed by atoms with Crippen LogP contribution in [0.1, 0.15) is 17.7 Å². The molecule has 2 N–H and O–H groups in total. The van der Waals surface area contributed by atoms with Gasteiger partial charge in [0.15, 0.2) is 6.10 Å². The van der Waals surface area contributed by atoms with Gasteiger partial charge in [0.1, 0.15) is 18.1 Å². The van der Waals surface area contributed by atoms with E-state index in [1.807, 2.05) is 6.92 Å². The fraction of sp³-hybridized carbons (Fsp3) is 0.278. The Labute approximate surface area is 149 Å². The van der Waals surface area contributed by atoms with Crippen LogP contribution in [0.15, 0.2) is 41.0 Å². The fourth-order valence-corrected chi connectivity index (χ4v) is 2.68. The first-order valence-corrected chi connectivity index (χ1v) is 8.03. The lowest BCUT2D eigenvalue weighted by Gasteiger charge is -2.33. The molecule has 1 aliphatic rings. The van der Waals surface area contributed by atoms with Gasteiger partial charge in [0, 0.05) is 0 Å². The van der Waals surface area contributed by atoms with Crippen molar-refractivity contribution in [2.75, 3.05) is 11.4 Å². The van der Waals surface area contributed by atoms with Crippen LogP contribution in [-0.4, -0.2) is 35.5 Å². The summed E-state index contributed by atoms with van der Waals surface area (Å²) in [5.41, 5.74) is 1.34. The molecule has 1 aromatic heterocycles. The van der Waals surface area contributed by atoms with Gasteiger partial charge in [-0.25, -0.2) is 0 Å². The Morgan fingerprint density at radius 2 is 2.12 bits per heavy atom. The first-order chi connectivity index (χ1) is 12.4. The number of furan rings is 1. The van der Waals surface area contributed by atoms with Gasteiger partial charge in [0.2, 0.25) is 5.91 Å². The molecule has 2 aromatic rings. The van der Waals surface area contributed by atoms with Crippen molar-refractivity contribution in [2.24, 2.45) is 0 Å². The maximum atomic E-state index is 12.6. The van der Waals surface area contributed by atoms with Crippen molar-refractivity contribution in [2.45, 2.75) is 26.0 Å². The van der Waals surface area contributed by atoms with E-state index in [0.717, 1.165) is 5.56 Å². The Balaban J connectivity index is 1.77. The van der Waals surface area contributed by atoms with E-state index in [0.29, 0.717) is 17.2 Å². The predicted octanol–water partition coefficient (Wildman–Crippen LogP) is 1.47. The molecule has 0 bridgehead atoms. The molecular formula is C18H18N2O6. The van der Waals surface area contributed by atoms with Gasteiger partial charge in [0.05, 0.1) is 24.9 Å². The highest BCUT2D eigenvalue weighted by Gasteiger charge is 2.36. The van der Waals surface area contributed by atoms with Crippen molar-refractivity contribution in [3.05, 3.63) is 47.9 Å². The van der Waals surface area contributed by atoms with Crippen LogP contribution in [0, 0.1) is 6.92 Å². The van der Waals surface area contributed by atoms with Gasteiger partial charge in [-0.3, -0.25) is 19.3 Å². The number of nitrogens with zero attached hydrogens (tertiary/aromatic N) is 1. The minimum Gasteiger partial charge on any atom is -0.481 e. The number of carboxylic acid groups (broad SMARTS) is 1. The number of benzene rings is 1. The Morgan fingerprint density at radius 1 is 1.31 bits per heavy atom. The molecule has 1 aromatic carbocycles. The van der Waals surface area contributed by atoms with Crippen LogP contribution < -0.4 is 15.0 Å². The second-order valence-corrected chi connectivity index (χ2v) is 5.96. The van der Waals surface area contributed by atoms with Crippen molar-refractivity contribution in [1.82, 2.24) is 5.32 Å². The highest BCUT2D eigenvalue weighted by molar-refractivity contribution is 6.04. The number of nitrogens with one attached hydrogen (secondary N) is 1. The third-order valence-electron chi connectivity index (χ3n) is 3.92. The van der Waals surface area contributed by atoms with Crippen molar-refractivity contribution in [3.8, 4) is 5.75 Å². The fourth-order valence-electron chi connectivity index (χ4n) is 2.68. The monoisotopic (exact) mass is 358 g/mol. The first kappa shape index (κ1) is 17.5. The minimum atomic E-state index is -1.17. The predicted molar refractivity (Wildman–Crippen MR) is 90.8 cm³/mol. The number of carbonyl (C=O) groups excluding carboxylic acids is 2. The molecule has 0 saturated heterocycles. The van der Waals surface area contributed by atoms with E-state index in [9.17, 15) is 14.4 Å². The van der Waals surface area contributed by atoms with Gasteiger partial charge >= 0.3 is 5.97 Å². The second kappa shape index (κ2) is 7.30. The molecule has 0 fully saturated rings. The minimum absolute atomic E-state index is 0.198. The Bertz CT molecular complexity index is 830. The van der Waals surface area contributed by atoms with Crippen LogP contribution in [0.4, 0.5) is 5.69 Å². The smallest absolute Gasteiger partial charge is 0.307 e. The summed E-state index contributed by atoms with van der Waals surface area (Å²) in [6, 6.07) is 8.62. The lowest BCUT2D eigenvalue weighted by Crippen LogP contribution is -2.50. The lowest BCUT2D eigenvalue weighted by molar-refractivity contribution is -0.142. The number of aliphatic carboxylic acids is 1. The summed E-state index contributed by atoms with van der Waals surface area (Å²) in [6.45, 7) is 1.81. The van der Waals surface area contributed by atoms with E-state index >= 15 is 0 Å². The summed E-state index contributed by atoms with van der Waals surface area (Å²) >= 11 is 0. The molecule has 2 heterocycles. The normalized spacial score (nSPS) is 16.0. The van der Waals surface area contributed by atoms with Gasteiger partial charge in [-0.15, -0.1) is 0 Å². The number of hydrogen-bond acceptors (Lipinski definition) is 5. The van der Waals surface area contributed by atoms with E-state index in [-0.39, 0.29) is 13.1 Å². The van der Waals surface area contributed by atoms with Crippen LogP contribution in [-0.2, 0) is 20.9 Å². The van der Waals surface area contributed by atoms with Gasteiger partial charge in [-0.05, 0) is 36.8 Å². The molecule has 1 aliphatic heterocycles. The third kappa shape index (κ3) is 3.85. The molecule has 136 valence electrons.